The van der Waals surface area contributed by atoms with Gasteiger partial charge in [-0.05, 0) is 23.8 Å². The van der Waals surface area contributed by atoms with E-state index in [-0.39, 0.29) is 17.2 Å². The van der Waals surface area contributed by atoms with Crippen LogP contribution in [0.3, 0.4) is 0 Å². The van der Waals surface area contributed by atoms with E-state index in [1.54, 1.807) is 30.4 Å². The number of aromatic nitrogens is 2. The molecule has 28 heavy (non-hydrogen) atoms. The molecule has 140 valence electrons. The Balaban J connectivity index is 1.67. The van der Waals surface area contributed by atoms with E-state index in [4.69, 9.17) is 4.74 Å². The zero-order valence-electron chi connectivity index (χ0n) is 15.0. The quantitative estimate of drug-likeness (QED) is 0.526. The average molecular weight is 375 g/mol. The first-order valence-corrected chi connectivity index (χ1v) is 8.63. The summed E-state index contributed by atoms with van der Waals surface area (Å²) in [5, 5.41) is 10.4. The number of carboxylic acid groups (broad SMARTS) is 1. The number of Topliss-reactive ketones (excluding diaryl/α,β-unsaturated/α-hetero) is 1. The van der Waals surface area contributed by atoms with Crippen LogP contribution in [0.4, 0.5) is 0 Å². The van der Waals surface area contributed by atoms with E-state index < -0.39 is 11.8 Å². The Bertz CT molecular complexity index is 1130. The van der Waals surface area contributed by atoms with E-state index in [1.807, 2.05) is 36.4 Å². The Morgan fingerprint density at radius 1 is 1.25 bits per heavy atom. The fourth-order valence-corrected chi connectivity index (χ4v) is 3.14. The SMILES string of the molecule is CN(Cc1ccccc1)C1=C(C(=O)O)C(=O)C(=Cc2c[nH]c3ncccc23)O1. The number of allylic oxidation sites excluding steroid dienone is 1. The van der Waals surface area contributed by atoms with Crippen molar-refractivity contribution in [3.8, 4) is 0 Å². The number of benzene rings is 1. The van der Waals surface area contributed by atoms with E-state index in [2.05, 4.69) is 9.97 Å². The Morgan fingerprint density at radius 3 is 2.79 bits per heavy atom. The van der Waals surface area contributed by atoms with Crippen LogP contribution in [0.2, 0.25) is 0 Å². The van der Waals surface area contributed by atoms with Gasteiger partial charge in [-0.3, -0.25) is 4.79 Å². The minimum absolute atomic E-state index is 0.0305. The van der Waals surface area contributed by atoms with Crippen molar-refractivity contribution < 1.29 is 19.4 Å². The largest absolute Gasteiger partial charge is 0.477 e. The molecule has 2 N–H and O–H groups in total. The lowest BCUT2D eigenvalue weighted by molar-refractivity contribution is -0.134. The Hall–Kier alpha value is -3.87. The van der Waals surface area contributed by atoms with E-state index >= 15 is 0 Å². The highest BCUT2D eigenvalue weighted by Crippen LogP contribution is 2.30. The number of carbonyl (C=O) groups excluding carboxylic acids is 1. The summed E-state index contributed by atoms with van der Waals surface area (Å²) in [6.45, 7) is 0.407. The van der Waals surface area contributed by atoms with E-state index in [9.17, 15) is 14.7 Å². The monoisotopic (exact) mass is 375 g/mol. The molecule has 1 aliphatic heterocycles. The molecular weight excluding hydrogens is 358 g/mol. The molecule has 7 nitrogen and oxygen atoms in total. The molecule has 0 saturated heterocycles. The van der Waals surface area contributed by atoms with Gasteiger partial charge in [0.15, 0.2) is 11.3 Å². The Kier molecular flexibility index (Phi) is 4.41. The summed E-state index contributed by atoms with van der Waals surface area (Å²) in [5.41, 5.74) is 1.97. The van der Waals surface area contributed by atoms with Gasteiger partial charge in [0.05, 0.1) is 0 Å². The minimum Gasteiger partial charge on any atom is -0.477 e. The number of carboxylic acids is 1. The summed E-state index contributed by atoms with van der Waals surface area (Å²) in [6, 6.07) is 13.2. The van der Waals surface area contributed by atoms with Gasteiger partial charge in [-0.1, -0.05) is 30.3 Å². The lowest BCUT2D eigenvalue weighted by atomic mass is 10.1. The number of nitrogens with one attached hydrogen (secondary N) is 1. The molecule has 3 aromatic rings. The third-order valence-corrected chi connectivity index (χ3v) is 4.46. The highest BCUT2D eigenvalue weighted by Gasteiger charge is 2.37. The van der Waals surface area contributed by atoms with Crippen molar-refractivity contribution in [2.45, 2.75) is 6.54 Å². The van der Waals surface area contributed by atoms with Gasteiger partial charge >= 0.3 is 5.97 Å². The average Bonchev–Trinajstić information content (AvgIpc) is 3.24. The summed E-state index contributed by atoms with van der Waals surface area (Å²) < 4.78 is 5.71. The third-order valence-electron chi connectivity index (χ3n) is 4.46. The van der Waals surface area contributed by atoms with Crippen LogP contribution in [0, 0.1) is 0 Å². The molecule has 1 aromatic carbocycles. The van der Waals surface area contributed by atoms with Crippen LogP contribution < -0.4 is 0 Å². The number of carbonyl (C=O) groups is 2. The van der Waals surface area contributed by atoms with Crippen LogP contribution in [0.25, 0.3) is 17.1 Å². The predicted octanol–water partition coefficient (Wildman–Crippen LogP) is 2.93. The van der Waals surface area contributed by atoms with Gasteiger partial charge in [-0.2, -0.15) is 0 Å². The molecule has 0 unspecified atom stereocenters. The number of rotatable bonds is 5. The van der Waals surface area contributed by atoms with Gasteiger partial charge in [-0.15, -0.1) is 0 Å². The van der Waals surface area contributed by atoms with Crippen molar-refractivity contribution in [3.63, 3.8) is 0 Å². The molecule has 0 fully saturated rings. The van der Waals surface area contributed by atoms with E-state index in [1.165, 1.54) is 6.08 Å². The van der Waals surface area contributed by atoms with Gasteiger partial charge in [0.25, 0.3) is 0 Å². The van der Waals surface area contributed by atoms with Crippen LogP contribution in [0.5, 0.6) is 0 Å². The second-order valence-corrected chi connectivity index (χ2v) is 6.41. The van der Waals surface area contributed by atoms with Crippen molar-refractivity contribution in [3.05, 3.63) is 83.2 Å². The fourth-order valence-electron chi connectivity index (χ4n) is 3.14. The lowest BCUT2D eigenvalue weighted by Gasteiger charge is -2.20. The van der Waals surface area contributed by atoms with Crippen LogP contribution >= 0.6 is 0 Å². The van der Waals surface area contributed by atoms with Gasteiger partial charge in [-0.25, -0.2) is 9.78 Å². The fraction of sp³-hybridized carbons (Fsp3) is 0.0952. The standard InChI is InChI=1S/C21H17N3O4/c1-24(12-13-6-3-2-4-7-13)20-17(21(26)27)18(25)16(28-20)10-14-11-23-19-15(14)8-5-9-22-19/h2-11H,12H2,1H3,(H,22,23)(H,26,27). The second kappa shape index (κ2) is 7.03. The molecule has 0 atom stereocenters. The molecular formula is C21H17N3O4. The van der Waals surface area contributed by atoms with Crippen LogP contribution in [-0.2, 0) is 20.9 Å². The maximum absolute atomic E-state index is 12.7. The number of fused-ring (bicyclic) bond motifs is 1. The molecule has 0 spiro atoms. The van der Waals surface area contributed by atoms with Crippen LogP contribution in [-0.4, -0.2) is 38.8 Å². The molecule has 3 heterocycles. The summed E-state index contributed by atoms with van der Waals surface area (Å²) in [5.74, 6) is -1.97. The van der Waals surface area contributed by atoms with Gasteiger partial charge in [0.1, 0.15) is 5.65 Å². The van der Waals surface area contributed by atoms with Gasteiger partial charge in [0.2, 0.25) is 11.7 Å². The van der Waals surface area contributed by atoms with Crippen LogP contribution in [0.15, 0.2) is 72.1 Å². The van der Waals surface area contributed by atoms with Crippen LogP contribution in [0.1, 0.15) is 11.1 Å². The van der Waals surface area contributed by atoms with Crippen molar-refractivity contribution in [2.24, 2.45) is 0 Å². The third kappa shape index (κ3) is 3.14. The smallest absolute Gasteiger partial charge is 0.345 e. The molecule has 2 aromatic heterocycles. The molecule has 0 amide bonds. The maximum atomic E-state index is 12.7. The van der Waals surface area contributed by atoms with Crippen molar-refractivity contribution in [1.29, 1.82) is 0 Å². The zero-order valence-corrected chi connectivity index (χ0v) is 15.0. The topological polar surface area (TPSA) is 95.5 Å². The first kappa shape index (κ1) is 17.5. The number of ether oxygens (including phenoxy) is 1. The van der Waals surface area contributed by atoms with Gasteiger partial charge in [0, 0.05) is 36.9 Å². The summed E-state index contributed by atoms with van der Waals surface area (Å²) >= 11 is 0. The summed E-state index contributed by atoms with van der Waals surface area (Å²) in [6.07, 6.45) is 4.90. The van der Waals surface area contributed by atoms with Crippen molar-refractivity contribution in [2.75, 3.05) is 7.05 Å². The first-order chi connectivity index (χ1) is 13.5. The molecule has 0 saturated carbocycles. The van der Waals surface area contributed by atoms with Crippen molar-refractivity contribution >= 4 is 28.9 Å². The zero-order chi connectivity index (χ0) is 19.7. The van der Waals surface area contributed by atoms with E-state index in [0.717, 1.165) is 10.9 Å². The maximum Gasteiger partial charge on any atom is 0.345 e. The number of ketones is 1. The number of hydrogen-bond donors (Lipinski definition) is 2. The number of aliphatic carboxylic acids is 1. The van der Waals surface area contributed by atoms with Gasteiger partial charge < -0.3 is 19.7 Å². The second-order valence-electron chi connectivity index (χ2n) is 6.41. The lowest BCUT2D eigenvalue weighted by Crippen LogP contribution is -2.20. The number of H-pyrrole nitrogens is 1. The number of pyridine rings is 1. The normalized spacial score (nSPS) is 15.3. The first-order valence-electron chi connectivity index (χ1n) is 8.63. The molecule has 4 rings (SSSR count). The number of aromatic amines is 1. The highest BCUT2D eigenvalue weighted by atomic mass is 16.5. The molecule has 1 aliphatic rings. The van der Waals surface area contributed by atoms with Crippen molar-refractivity contribution in [1.82, 2.24) is 14.9 Å². The Labute approximate surface area is 160 Å². The minimum atomic E-state index is -1.32. The predicted molar refractivity (Wildman–Crippen MR) is 103 cm³/mol. The molecule has 0 radical (unpaired) electrons. The molecule has 7 heteroatoms. The number of hydrogen-bond acceptors (Lipinski definition) is 5. The summed E-state index contributed by atoms with van der Waals surface area (Å²) in [4.78, 5) is 33.2. The molecule has 0 aliphatic carbocycles. The number of nitrogens with zero attached hydrogens (tertiary/aromatic N) is 2. The highest BCUT2D eigenvalue weighted by molar-refractivity contribution is 6.26. The Morgan fingerprint density at radius 2 is 2.04 bits per heavy atom. The molecule has 0 bridgehead atoms. The van der Waals surface area contributed by atoms with E-state index in [0.29, 0.717) is 17.8 Å². The summed E-state index contributed by atoms with van der Waals surface area (Å²) in [7, 11) is 1.69.